The first-order chi connectivity index (χ1) is 11.2. The number of rotatable bonds is 4. The van der Waals surface area contributed by atoms with Gasteiger partial charge in [0.15, 0.2) is 12.4 Å². The lowest BCUT2D eigenvalue weighted by Gasteiger charge is -2.34. The molecule has 1 amide bonds. The van der Waals surface area contributed by atoms with Gasteiger partial charge < -0.3 is 15.5 Å². The van der Waals surface area contributed by atoms with Crippen LogP contribution in [0.15, 0.2) is 46.9 Å². The Morgan fingerprint density at radius 1 is 1.39 bits per heavy atom. The number of oxime groups is 1. The molecule has 0 saturated carbocycles. The topological polar surface area (TPSA) is 67.9 Å². The highest BCUT2D eigenvalue weighted by Crippen LogP contribution is 2.30. The third-order valence-corrected chi connectivity index (χ3v) is 4.81. The van der Waals surface area contributed by atoms with Crippen LogP contribution >= 0.6 is 11.3 Å². The molecule has 0 radical (unpaired) electrons. The highest BCUT2D eigenvalue weighted by molar-refractivity contribution is 7.12. The molecular formula is C17H19N3O2S. The first-order valence-corrected chi connectivity index (χ1v) is 8.44. The maximum atomic E-state index is 12.5. The van der Waals surface area contributed by atoms with Crippen molar-refractivity contribution in [3.63, 3.8) is 0 Å². The van der Waals surface area contributed by atoms with Gasteiger partial charge in [-0.1, -0.05) is 29.4 Å². The number of anilines is 1. The predicted molar refractivity (Wildman–Crippen MR) is 92.7 cm³/mol. The summed E-state index contributed by atoms with van der Waals surface area (Å²) in [6, 6.07) is 11.9. The Morgan fingerprint density at radius 3 is 3.00 bits per heavy atom. The van der Waals surface area contributed by atoms with Gasteiger partial charge in [-0.3, -0.25) is 4.79 Å². The number of aryl methyl sites for hydroxylation is 1. The molecule has 1 unspecified atom stereocenters. The van der Waals surface area contributed by atoms with Crippen molar-refractivity contribution in [1.82, 2.24) is 0 Å². The van der Waals surface area contributed by atoms with Gasteiger partial charge in [0.2, 0.25) is 0 Å². The van der Waals surface area contributed by atoms with Crippen molar-refractivity contribution in [2.75, 3.05) is 11.5 Å². The minimum absolute atomic E-state index is 0.104. The second-order valence-electron chi connectivity index (χ2n) is 5.51. The Bertz CT molecular complexity index is 712. The predicted octanol–water partition coefficient (Wildman–Crippen LogP) is 2.75. The molecule has 6 heteroatoms. The molecule has 120 valence electrons. The fourth-order valence-electron chi connectivity index (χ4n) is 2.76. The number of fused-ring (bicyclic) bond motifs is 1. The summed E-state index contributed by atoms with van der Waals surface area (Å²) in [5.74, 6) is 0.187. The summed E-state index contributed by atoms with van der Waals surface area (Å²) in [7, 11) is 0. The number of para-hydroxylation sites is 1. The van der Waals surface area contributed by atoms with E-state index in [1.54, 1.807) is 4.90 Å². The fourth-order valence-corrected chi connectivity index (χ4v) is 3.38. The number of benzene rings is 1. The minimum atomic E-state index is -0.120. The Balaban J connectivity index is 1.68. The molecule has 23 heavy (non-hydrogen) atoms. The number of hydrogen-bond donors (Lipinski definition) is 1. The van der Waals surface area contributed by atoms with E-state index in [2.05, 4.69) is 18.1 Å². The third-order valence-electron chi connectivity index (χ3n) is 3.92. The molecule has 0 fully saturated rings. The van der Waals surface area contributed by atoms with Crippen LogP contribution in [0.1, 0.15) is 23.8 Å². The van der Waals surface area contributed by atoms with Crippen LogP contribution in [0.5, 0.6) is 0 Å². The second kappa shape index (κ2) is 6.83. The van der Waals surface area contributed by atoms with E-state index in [9.17, 15) is 4.79 Å². The molecule has 1 atom stereocenters. The summed E-state index contributed by atoms with van der Waals surface area (Å²) in [6.45, 7) is 1.93. The summed E-state index contributed by atoms with van der Waals surface area (Å²) in [4.78, 5) is 20.3. The summed E-state index contributed by atoms with van der Waals surface area (Å²) in [5, 5.41) is 5.75. The first kappa shape index (κ1) is 15.6. The van der Waals surface area contributed by atoms with Gasteiger partial charge in [0.1, 0.15) is 0 Å². The molecule has 2 heterocycles. The monoisotopic (exact) mass is 329 g/mol. The van der Waals surface area contributed by atoms with E-state index in [0.29, 0.717) is 5.84 Å². The normalized spacial score (nSPS) is 17.7. The van der Waals surface area contributed by atoms with Crippen LogP contribution in [-0.2, 0) is 16.1 Å². The minimum Gasteiger partial charge on any atom is -0.384 e. The van der Waals surface area contributed by atoms with Crippen molar-refractivity contribution in [3.8, 4) is 0 Å². The smallest absolute Gasteiger partial charge is 0.268 e. The zero-order chi connectivity index (χ0) is 16.2. The van der Waals surface area contributed by atoms with E-state index in [1.807, 2.05) is 35.7 Å². The first-order valence-electron chi connectivity index (χ1n) is 7.56. The van der Waals surface area contributed by atoms with Gasteiger partial charge in [0.25, 0.3) is 5.91 Å². The standard InChI is InChI=1S/C17H19N3O2S/c1-12-8-9-13-5-2-3-6-14(13)20(12)16(21)11-22-19-17(18)15-7-4-10-23-15/h2-7,10,12H,8-9,11H2,1H3,(H2,18,19). The second-order valence-corrected chi connectivity index (χ2v) is 6.46. The van der Waals surface area contributed by atoms with E-state index in [-0.39, 0.29) is 18.6 Å². The van der Waals surface area contributed by atoms with Gasteiger partial charge in [-0.05, 0) is 42.8 Å². The molecule has 0 bridgehead atoms. The van der Waals surface area contributed by atoms with E-state index in [1.165, 1.54) is 16.9 Å². The zero-order valence-electron chi connectivity index (χ0n) is 12.9. The summed E-state index contributed by atoms with van der Waals surface area (Å²) in [6.07, 6.45) is 1.94. The van der Waals surface area contributed by atoms with Crippen molar-refractivity contribution in [3.05, 3.63) is 52.2 Å². The van der Waals surface area contributed by atoms with Gasteiger partial charge in [-0.25, -0.2) is 0 Å². The molecule has 2 N–H and O–H groups in total. The molecule has 3 rings (SSSR count). The number of hydrogen-bond acceptors (Lipinski definition) is 4. The molecule has 0 saturated heterocycles. The van der Waals surface area contributed by atoms with E-state index >= 15 is 0 Å². The van der Waals surface area contributed by atoms with E-state index in [4.69, 9.17) is 10.6 Å². The van der Waals surface area contributed by atoms with Gasteiger partial charge in [0.05, 0.1) is 4.88 Å². The third kappa shape index (κ3) is 3.37. The lowest BCUT2D eigenvalue weighted by atomic mass is 9.96. The van der Waals surface area contributed by atoms with Crippen LogP contribution in [0.25, 0.3) is 0 Å². The lowest BCUT2D eigenvalue weighted by Crippen LogP contribution is -2.43. The number of nitrogens with zero attached hydrogens (tertiary/aromatic N) is 2. The Morgan fingerprint density at radius 2 is 2.22 bits per heavy atom. The van der Waals surface area contributed by atoms with Crippen molar-refractivity contribution in [1.29, 1.82) is 0 Å². The van der Waals surface area contributed by atoms with Gasteiger partial charge >= 0.3 is 0 Å². The van der Waals surface area contributed by atoms with Crippen LogP contribution in [0.3, 0.4) is 0 Å². The molecule has 5 nitrogen and oxygen atoms in total. The average Bonchev–Trinajstić information content (AvgIpc) is 3.09. The van der Waals surface area contributed by atoms with Crippen LogP contribution in [0, 0.1) is 0 Å². The van der Waals surface area contributed by atoms with Crippen molar-refractivity contribution < 1.29 is 9.63 Å². The molecule has 0 spiro atoms. The van der Waals surface area contributed by atoms with Crippen LogP contribution < -0.4 is 10.6 Å². The molecule has 0 aliphatic carbocycles. The number of amidine groups is 1. The van der Waals surface area contributed by atoms with Gasteiger partial charge in [0, 0.05) is 11.7 Å². The quantitative estimate of drug-likeness (QED) is 0.533. The summed E-state index contributed by atoms with van der Waals surface area (Å²) < 4.78 is 0. The molecule has 1 aromatic heterocycles. The highest BCUT2D eigenvalue weighted by Gasteiger charge is 2.28. The largest absolute Gasteiger partial charge is 0.384 e. The number of thiophene rings is 1. The van der Waals surface area contributed by atoms with E-state index < -0.39 is 0 Å². The maximum Gasteiger partial charge on any atom is 0.268 e. The van der Waals surface area contributed by atoms with Gasteiger partial charge in [-0.15, -0.1) is 11.3 Å². The molecule has 2 aromatic rings. The molecule has 1 aliphatic rings. The van der Waals surface area contributed by atoms with Crippen molar-refractivity contribution in [2.45, 2.75) is 25.8 Å². The average molecular weight is 329 g/mol. The number of carbonyl (C=O) groups excluding carboxylic acids is 1. The summed E-state index contributed by atoms with van der Waals surface area (Å²) >= 11 is 1.48. The van der Waals surface area contributed by atoms with Crippen LogP contribution in [0.2, 0.25) is 0 Å². The molecular weight excluding hydrogens is 310 g/mol. The Hall–Kier alpha value is -2.34. The van der Waals surface area contributed by atoms with E-state index in [0.717, 1.165) is 23.4 Å². The molecule has 1 aromatic carbocycles. The highest BCUT2D eigenvalue weighted by atomic mass is 32.1. The Labute approximate surface area is 139 Å². The van der Waals surface area contributed by atoms with Gasteiger partial charge in [-0.2, -0.15) is 0 Å². The number of carbonyl (C=O) groups is 1. The lowest BCUT2D eigenvalue weighted by molar-refractivity contribution is -0.123. The van der Waals surface area contributed by atoms with Crippen molar-refractivity contribution in [2.24, 2.45) is 10.9 Å². The Kier molecular flexibility index (Phi) is 4.62. The fraction of sp³-hybridized carbons (Fsp3) is 0.294. The summed E-state index contributed by atoms with van der Waals surface area (Å²) in [5.41, 5.74) is 7.98. The SMILES string of the molecule is CC1CCc2ccccc2N1C(=O)CO/N=C(/N)c1cccs1. The van der Waals surface area contributed by atoms with Crippen molar-refractivity contribution >= 4 is 28.8 Å². The molecule has 1 aliphatic heterocycles. The number of amides is 1. The maximum absolute atomic E-state index is 12.5. The van der Waals surface area contributed by atoms with Crippen LogP contribution in [-0.4, -0.2) is 24.4 Å². The van der Waals surface area contributed by atoms with Crippen LogP contribution in [0.4, 0.5) is 5.69 Å². The zero-order valence-corrected chi connectivity index (χ0v) is 13.8. The number of nitrogens with two attached hydrogens (primary N) is 1.